The lowest BCUT2D eigenvalue weighted by atomic mass is 9.90. The number of piperidine rings is 1. The van der Waals surface area contributed by atoms with Crippen LogP contribution < -0.4 is 0 Å². The Hall–Kier alpha value is -2.62. The summed E-state index contributed by atoms with van der Waals surface area (Å²) >= 11 is 0. The van der Waals surface area contributed by atoms with Crippen molar-refractivity contribution in [3.63, 3.8) is 0 Å². The maximum Gasteiger partial charge on any atom is 0.272 e. The first-order valence-electron chi connectivity index (χ1n) is 9.41. The van der Waals surface area contributed by atoms with Crippen molar-refractivity contribution >= 4 is 11.6 Å². The summed E-state index contributed by atoms with van der Waals surface area (Å²) in [4.78, 5) is 19.8. The highest BCUT2D eigenvalue weighted by Gasteiger charge is 2.27. The average Bonchev–Trinajstić information content (AvgIpc) is 3.00. The van der Waals surface area contributed by atoms with Crippen LogP contribution in [0.5, 0.6) is 0 Å². The lowest BCUT2D eigenvalue weighted by Crippen LogP contribution is -2.39. The number of aryl methyl sites for hydroxylation is 2. The molecule has 0 atom stereocenters. The molecule has 1 amide bonds. The van der Waals surface area contributed by atoms with Crippen LogP contribution in [-0.4, -0.2) is 33.3 Å². The summed E-state index contributed by atoms with van der Waals surface area (Å²) in [6.07, 6.45) is 5.18. The number of nitrogens with zero attached hydrogens (tertiary/aromatic N) is 3. The second kappa shape index (κ2) is 6.94. The van der Waals surface area contributed by atoms with Gasteiger partial charge in [-0.25, -0.2) is 4.98 Å². The third-order valence-corrected chi connectivity index (χ3v) is 5.49. The van der Waals surface area contributed by atoms with Crippen LogP contribution in [0.1, 0.15) is 40.2 Å². The average molecular weight is 347 g/mol. The molecule has 0 bridgehead atoms. The van der Waals surface area contributed by atoms with E-state index >= 15 is 0 Å². The molecule has 3 heterocycles. The number of likely N-dealkylation sites (tertiary alicyclic amines) is 1. The molecular weight excluding hydrogens is 322 g/mol. The molecule has 0 aliphatic carbocycles. The smallest absolute Gasteiger partial charge is 0.272 e. The predicted molar refractivity (Wildman–Crippen MR) is 103 cm³/mol. The summed E-state index contributed by atoms with van der Waals surface area (Å²) in [6.45, 7) is 5.62. The van der Waals surface area contributed by atoms with Gasteiger partial charge in [0.25, 0.3) is 5.91 Å². The first-order chi connectivity index (χ1) is 12.6. The molecule has 1 aromatic carbocycles. The first kappa shape index (κ1) is 16.8. The number of imidazole rings is 1. The van der Waals surface area contributed by atoms with E-state index in [-0.39, 0.29) is 5.91 Å². The van der Waals surface area contributed by atoms with Gasteiger partial charge in [0.15, 0.2) is 0 Å². The molecule has 0 spiro atoms. The van der Waals surface area contributed by atoms with Gasteiger partial charge in [-0.2, -0.15) is 0 Å². The van der Waals surface area contributed by atoms with Crippen molar-refractivity contribution in [2.75, 3.05) is 13.1 Å². The van der Waals surface area contributed by atoms with Gasteiger partial charge >= 0.3 is 0 Å². The molecule has 4 nitrogen and oxygen atoms in total. The fourth-order valence-corrected chi connectivity index (χ4v) is 4.01. The molecule has 1 fully saturated rings. The van der Waals surface area contributed by atoms with Crippen LogP contribution in [0.2, 0.25) is 0 Å². The van der Waals surface area contributed by atoms with Crippen molar-refractivity contribution in [2.45, 2.75) is 33.1 Å². The van der Waals surface area contributed by atoms with Crippen molar-refractivity contribution < 1.29 is 4.79 Å². The number of benzene rings is 1. The van der Waals surface area contributed by atoms with Crippen LogP contribution in [0.25, 0.3) is 5.65 Å². The summed E-state index contributed by atoms with van der Waals surface area (Å²) in [5.41, 5.74) is 4.90. The highest BCUT2D eigenvalue weighted by molar-refractivity contribution is 5.94. The Morgan fingerprint density at radius 2 is 1.81 bits per heavy atom. The maximum absolute atomic E-state index is 13.1. The summed E-state index contributed by atoms with van der Waals surface area (Å²) < 4.78 is 1.95. The summed E-state index contributed by atoms with van der Waals surface area (Å²) in [5, 5.41) is 0. The molecule has 0 unspecified atom stereocenters. The molecule has 1 aliphatic heterocycles. The Balaban J connectivity index is 1.47. The summed E-state index contributed by atoms with van der Waals surface area (Å²) in [5.74, 6) is 0.769. The Kier molecular flexibility index (Phi) is 4.49. The monoisotopic (exact) mass is 347 g/mol. The van der Waals surface area contributed by atoms with Gasteiger partial charge in [0, 0.05) is 19.3 Å². The molecule has 4 rings (SSSR count). The van der Waals surface area contributed by atoms with E-state index in [1.165, 1.54) is 5.56 Å². The van der Waals surface area contributed by atoms with Gasteiger partial charge in [-0.15, -0.1) is 0 Å². The number of hydrogen-bond donors (Lipinski definition) is 0. The third kappa shape index (κ3) is 3.12. The van der Waals surface area contributed by atoms with Gasteiger partial charge < -0.3 is 4.90 Å². The highest BCUT2D eigenvalue weighted by atomic mass is 16.2. The molecular formula is C22H25N3O. The normalized spacial score (nSPS) is 15.5. The molecule has 0 N–H and O–H groups in total. The quantitative estimate of drug-likeness (QED) is 0.717. The van der Waals surface area contributed by atoms with Gasteiger partial charge in [0.05, 0.1) is 5.69 Å². The molecule has 0 radical (unpaired) electrons. The second-order valence-corrected chi connectivity index (χ2v) is 7.36. The number of pyridine rings is 1. The summed E-state index contributed by atoms with van der Waals surface area (Å²) in [7, 11) is 0. The van der Waals surface area contributed by atoms with E-state index in [0.29, 0.717) is 11.6 Å². The number of fused-ring (bicyclic) bond motifs is 1. The maximum atomic E-state index is 13.1. The number of amides is 1. The minimum atomic E-state index is 0.110. The van der Waals surface area contributed by atoms with E-state index in [1.54, 1.807) is 0 Å². The minimum absolute atomic E-state index is 0.110. The van der Waals surface area contributed by atoms with Crippen molar-refractivity contribution in [1.29, 1.82) is 0 Å². The lowest BCUT2D eigenvalue weighted by molar-refractivity contribution is 0.0682. The third-order valence-electron chi connectivity index (χ3n) is 5.49. The molecule has 26 heavy (non-hydrogen) atoms. The van der Waals surface area contributed by atoms with E-state index in [9.17, 15) is 4.79 Å². The van der Waals surface area contributed by atoms with Gasteiger partial charge in [-0.3, -0.25) is 9.20 Å². The lowest BCUT2D eigenvalue weighted by Gasteiger charge is -2.32. The van der Waals surface area contributed by atoms with Gasteiger partial charge in [0.1, 0.15) is 11.3 Å². The Morgan fingerprint density at radius 1 is 1.08 bits per heavy atom. The van der Waals surface area contributed by atoms with Crippen LogP contribution >= 0.6 is 0 Å². The SMILES string of the molecule is Cc1nc2c(C)cccn2c1C(=O)N1CCC(Cc2ccccc2)CC1. The van der Waals surface area contributed by atoms with Crippen LogP contribution in [0.3, 0.4) is 0 Å². The topological polar surface area (TPSA) is 37.6 Å². The van der Waals surface area contributed by atoms with E-state index in [0.717, 1.165) is 49.3 Å². The van der Waals surface area contributed by atoms with Gasteiger partial charge in [-0.05, 0) is 56.2 Å². The Bertz CT molecular complexity index is 921. The molecule has 0 saturated carbocycles. The van der Waals surface area contributed by atoms with Crippen molar-refractivity contribution in [1.82, 2.24) is 14.3 Å². The molecule has 2 aromatic heterocycles. The van der Waals surface area contributed by atoms with Crippen molar-refractivity contribution in [3.8, 4) is 0 Å². The number of aromatic nitrogens is 2. The largest absolute Gasteiger partial charge is 0.337 e. The number of hydrogen-bond acceptors (Lipinski definition) is 2. The standard InChI is InChI=1S/C22H25N3O/c1-16-7-6-12-25-20(17(2)23-21(16)25)22(26)24-13-10-19(11-14-24)15-18-8-4-3-5-9-18/h3-9,12,19H,10-11,13-15H2,1-2H3. The fourth-order valence-electron chi connectivity index (χ4n) is 4.01. The predicted octanol–water partition coefficient (Wildman–Crippen LogP) is 4.05. The Morgan fingerprint density at radius 3 is 2.54 bits per heavy atom. The second-order valence-electron chi connectivity index (χ2n) is 7.36. The van der Waals surface area contributed by atoms with Crippen molar-refractivity contribution in [2.24, 2.45) is 5.92 Å². The van der Waals surface area contributed by atoms with Gasteiger partial charge in [-0.1, -0.05) is 36.4 Å². The molecule has 1 saturated heterocycles. The summed E-state index contributed by atoms with van der Waals surface area (Å²) in [6, 6.07) is 14.7. The first-order valence-corrected chi connectivity index (χ1v) is 9.41. The zero-order valence-corrected chi connectivity index (χ0v) is 15.5. The molecule has 134 valence electrons. The molecule has 4 heteroatoms. The molecule has 3 aromatic rings. The number of carbonyl (C=O) groups is 1. The van der Waals surface area contributed by atoms with E-state index in [1.807, 2.05) is 41.5 Å². The van der Waals surface area contributed by atoms with E-state index in [2.05, 4.69) is 35.3 Å². The highest BCUT2D eigenvalue weighted by Crippen LogP contribution is 2.24. The van der Waals surface area contributed by atoms with Crippen LogP contribution in [-0.2, 0) is 6.42 Å². The van der Waals surface area contributed by atoms with E-state index in [4.69, 9.17) is 0 Å². The number of carbonyl (C=O) groups excluding carboxylic acids is 1. The zero-order valence-electron chi connectivity index (χ0n) is 15.5. The van der Waals surface area contributed by atoms with Crippen LogP contribution in [0, 0.1) is 19.8 Å². The minimum Gasteiger partial charge on any atom is -0.337 e. The van der Waals surface area contributed by atoms with Gasteiger partial charge in [0.2, 0.25) is 0 Å². The van der Waals surface area contributed by atoms with Crippen molar-refractivity contribution in [3.05, 3.63) is 71.2 Å². The van der Waals surface area contributed by atoms with E-state index < -0.39 is 0 Å². The number of rotatable bonds is 3. The molecule has 1 aliphatic rings. The Labute approximate surface area is 154 Å². The van der Waals surface area contributed by atoms with Crippen LogP contribution in [0.15, 0.2) is 48.7 Å². The van der Waals surface area contributed by atoms with Crippen LogP contribution in [0.4, 0.5) is 0 Å². The zero-order chi connectivity index (χ0) is 18.1. The fraction of sp³-hybridized carbons (Fsp3) is 0.364.